The molecule has 0 unspecified atom stereocenters. The number of aromatic nitrogens is 1. The number of aryl methyl sites for hydroxylation is 2. The van der Waals surface area contributed by atoms with Gasteiger partial charge in [0.15, 0.2) is 11.6 Å². The van der Waals surface area contributed by atoms with Crippen LogP contribution in [0.3, 0.4) is 0 Å². The predicted molar refractivity (Wildman–Crippen MR) is 108 cm³/mol. The molecular weight excluding hydrogens is 354 g/mol. The highest BCUT2D eigenvalue weighted by Crippen LogP contribution is 2.22. The first-order chi connectivity index (χ1) is 13.6. The van der Waals surface area contributed by atoms with Crippen LogP contribution in [0, 0.1) is 25.2 Å². The molecule has 0 saturated heterocycles. The number of nitriles is 1. The molecule has 1 aromatic carbocycles. The highest BCUT2D eigenvalue weighted by atomic mass is 16.5. The third-order valence-corrected chi connectivity index (χ3v) is 4.12. The van der Waals surface area contributed by atoms with Gasteiger partial charge in [0.1, 0.15) is 5.75 Å². The molecule has 0 bridgehead atoms. The van der Waals surface area contributed by atoms with Gasteiger partial charge in [0.25, 0.3) is 0 Å². The molecule has 1 N–H and O–H groups in total. The van der Waals surface area contributed by atoms with Crippen LogP contribution in [0.4, 0.5) is 5.82 Å². The lowest BCUT2D eigenvalue weighted by atomic mass is 10.1. The number of amides is 1. The SMILES string of the molecule is Cc1ccc(C)c(OCCCCC(=O)Nc2ncccc2OCCCC#N)c1. The van der Waals surface area contributed by atoms with Crippen LogP contribution in [0.5, 0.6) is 11.5 Å². The van der Waals surface area contributed by atoms with Crippen molar-refractivity contribution in [3.8, 4) is 17.6 Å². The molecule has 148 valence electrons. The van der Waals surface area contributed by atoms with Crippen molar-refractivity contribution in [3.63, 3.8) is 0 Å². The normalized spacial score (nSPS) is 10.2. The first kappa shape index (κ1) is 21.2. The second-order valence-corrected chi connectivity index (χ2v) is 6.58. The number of ether oxygens (including phenoxy) is 2. The summed E-state index contributed by atoms with van der Waals surface area (Å²) in [5, 5.41) is 11.4. The third kappa shape index (κ3) is 7.28. The largest absolute Gasteiger partial charge is 0.493 e. The van der Waals surface area contributed by atoms with Crippen LogP contribution in [-0.4, -0.2) is 24.1 Å². The zero-order chi connectivity index (χ0) is 20.2. The zero-order valence-electron chi connectivity index (χ0n) is 16.5. The van der Waals surface area contributed by atoms with E-state index in [1.807, 2.05) is 26.0 Å². The quantitative estimate of drug-likeness (QED) is 0.576. The Balaban J connectivity index is 1.71. The molecule has 0 atom stereocenters. The van der Waals surface area contributed by atoms with Crippen LogP contribution in [0.2, 0.25) is 0 Å². The summed E-state index contributed by atoms with van der Waals surface area (Å²) in [6.07, 6.45) is 4.59. The van der Waals surface area contributed by atoms with Gasteiger partial charge >= 0.3 is 0 Å². The first-order valence-electron chi connectivity index (χ1n) is 9.55. The van der Waals surface area contributed by atoms with Crippen LogP contribution in [0.1, 0.15) is 43.2 Å². The molecule has 2 aromatic rings. The lowest BCUT2D eigenvalue weighted by Crippen LogP contribution is -2.14. The van der Waals surface area contributed by atoms with Crippen molar-refractivity contribution >= 4 is 11.7 Å². The number of hydrogen-bond donors (Lipinski definition) is 1. The van der Waals surface area contributed by atoms with Gasteiger partial charge in [0, 0.05) is 19.0 Å². The molecule has 28 heavy (non-hydrogen) atoms. The first-order valence-corrected chi connectivity index (χ1v) is 9.55. The maximum absolute atomic E-state index is 12.2. The van der Waals surface area contributed by atoms with Crippen molar-refractivity contribution in [2.45, 2.75) is 46.0 Å². The number of nitrogens with one attached hydrogen (secondary N) is 1. The van der Waals surface area contributed by atoms with Crippen molar-refractivity contribution < 1.29 is 14.3 Å². The molecule has 1 amide bonds. The van der Waals surface area contributed by atoms with Crippen LogP contribution < -0.4 is 14.8 Å². The van der Waals surface area contributed by atoms with Gasteiger partial charge in [0.2, 0.25) is 5.91 Å². The average Bonchev–Trinajstić information content (AvgIpc) is 2.68. The number of unbranched alkanes of at least 4 members (excludes halogenated alkanes) is 2. The molecule has 6 nitrogen and oxygen atoms in total. The second-order valence-electron chi connectivity index (χ2n) is 6.58. The summed E-state index contributed by atoms with van der Waals surface area (Å²) in [4.78, 5) is 16.4. The molecule has 1 aromatic heterocycles. The van der Waals surface area contributed by atoms with E-state index < -0.39 is 0 Å². The number of carbonyl (C=O) groups excluding carboxylic acids is 1. The summed E-state index contributed by atoms with van der Waals surface area (Å²) in [7, 11) is 0. The number of nitrogens with zero attached hydrogens (tertiary/aromatic N) is 2. The minimum atomic E-state index is -0.104. The molecule has 0 saturated carbocycles. The molecular formula is C22H27N3O3. The van der Waals surface area contributed by atoms with Gasteiger partial charge in [0.05, 0.1) is 19.3 Å². The summed E-state index contributed by atoms with van der Waals surface area (Å²) in [6.45, 7) is 5.05. The number of anilines is 1. The Labute approximate surface area is 166 Å². The second kappa shape index (κ2) is 11.6. The summed E-state index contributed by atoms with van der Waals surface area (Å²) in [5.41, 5.74) is 2.28. The Kier molecular flexibility index (Phi) is 8.80. The Morgan fingerprint density at radius 2 is 1.89 bits per heavy atom. The fraction of sp³-hybridized carbons (Fsp3) is 0.409. The average molecular weight is 381 g/mol. The molecule has 0 radical (unpaired) electrons. The van der Waals surface area contributed by atoms with Gasteiger partial charge in [-0.2, -0.15) is 5.26 Å². The van der Waals surface area contributed by atoms with E-state index in [-0.39, 0.29) is 5.91 Å². The van der Waals surface area contributed by atoms with Crippen molar-refractivity contribution in [3.05, 3.63) is 47.7 Å². The zero-order valence-corrected chi connectivity index (χ0v) is 16.5. The minimum absolute atomic E-state index is 0.104. The number of rotatable bonds is 11. The van der Waals surface area contributed by atoms with Crippen molar-refractivity contribution in [1.29, 1.82) is 5.26 Å². The molecule has 1 heterocycles. The monoisotopic (exact) mass is 381 g/mol. The predicted octanol–water partition coefficient (Wildman–Crippen LogP) is 4.57. The lowest BCUT2D eigenvalue weighted by Gasteiger charge is -2.11. The van der Waals surface area contributed by atoms with Gasteiger partial charge in [-0.25, -0.2) is 4.98 Å². The van der Waals surface area contributed by atoms with Crippen LogP contribution in [-0.2, 0) is 4.79 Å². The Hall–Kier alpha value is -3.07. The summed E-state index contributed by atoms with van der Waals surface area (Å²) in [5.74, 6) is 1.73. The molecule has 0 spiro atoms. The minimum Gasteiger partial charge on any atom is -0.493 e. The summed E-state index contributed by atoms with van der Waals surface area (Å²) >= 11 is 0. The van der Waals surface area contributed by atoms with E-state index in [1.165, 1.54) is 5.56 Å². The topological polar surface area (TPSA) is 84.2 Å². The molecule has 2 rings (SSSR count). The maximum atomic E-state index is 12.2. The van der Waals surface area contributed by atoms with E-state index in [4.69, 9.17) is 14.7 Å². The standard InChI is InChI=1S/C22H27N3O3/c1-17-10-11-18(2)20(16-17)28-14-5-3-9-21(26)25-22-19(8-7-13-24-22)27-15-6-4-12-23/h7-8,10-11,13,16H,3-6,9,14-15H2,1-2H3,(H,24,25,26). The van der Waals surface area contributed by atoms with E-state index in [0.717, 1.165) is 24.2 Å². The van der Waals surface area contributed by atoms with Crippen LogP contribution >= 0.6 is 0 Å². The van der Waals surface area contributed by atoms with Crippen LogP contribution in [0.25, 0.3) is 0 Å². The highest BCUT2D eigenvalue weighted by Gasteiger charge is 2.09. The van der Waals surface area contributed by atoms with Crippen LogP contribution in [0.15, 0.2) is 36.5 Å². The fourth-order valence-electron chi connectivity index (χ4n) is 2.56. The number of hydrogen-bond acceptors (Lipinski definition) is 5. The van der Waals surface area contributed by atoms with Crippen molar-refractivity contribution in [1.82, 2.24) is 4.98 Å². The van der Waals surface area contributed by atoms with E-state index in [9.17, 15) is 4.79 Å². The molecule has 6 heteroatoms. The van der Waals surface area contributed by atoms with E-state index in [2.05, 4.69) is 22.4 Å². The third-order valence-electron chi connectivity index (χ3n) is 4.12. The van der Waals surface area contributed by atoms with E-state index in [1.54, 1.807) is 18.3 Å². The van der Waals surface area contributed by atoms with Gasteiger partial charge in [-0.3, -0.25) is 4.79 Å². The number of carbonyl (C=O) groups is 1. The molecule has 0 aliphatic heterocycles. The Bertz CT molecular complexity index is 815. The Morgan fingerprint density at radius 3 is 2.71 bits per heavy atom. The number of pyridine rings is 1. The Morgan fingerprint density at radius 1 is 1.11 bits per heavy atom. The maximum Gasteiger partial charge on any atom is 0.225 e. The van der Waals surface area contributed by atoms with Gasteiger partial charge in [-0.05, 0) is 62.4 Å². The van der Waals surface area contributed by atoms with Gasteiger partial charge in [-0.1, -0.05) is 12.1 Å². The van der Waals surface area contributed by atoms with Gasteiger partial charge < -0.3 is 14.8 Å². The van der Waals surface area contributed by atoms with Gasteiger partial charge in [-0.15, -0.1) is 0 Å². The van der Waals surface area contributed by atoms with E-state index in [0.29, 0.717) is 44.0 Å². The highest BCUT2D eigenvalue weighted by molar-refractivity contribution is 5.91. The molecule has 0 aliphatic carbocycles. The lowest BCUT2D eigenvalue weighted by molar-refractivity contribution is -0.116. The molecule has 0 fully saturated rings. The fourth-order valence-corrected chi connectivity index (χ4v) is 2.56. The summed E-state index contributed by atoms with van der Waals surface area (Å²) in [6, 6.07) is 11.7. The van der Waals surface area contributed by atoms with Crippen molar-refractivity contribution in [2.24, 2.45) is 0 Å². The molecule has 0 aliphatic rings. The van der Waals surface area contributed by atoms with Crippen molar-refractivity contribution in [2.75, 3.05) is 18.5 Å². The summed E-state index contributed by atoms with van der Waals surface area (Å²) < 4.78 is 11.4. The van der Waals surface area contributed by atoms with E-state index >= 15 is 0 Å². The smallest absolute Gasteiger partial charge is 0.225 e. The number of benzene rings is 1.